The number of carbonyl (C=O) groups excluding carboxylic acids is 1. The standard InChI is InChI=1S/C13H14N4O3/c1-16-5-2-3-10(16)12(18)17-6-4-8-9(7-17)14-15-11(8)13(19)20/h2-3,5H,4,6-7H2,1H3,(H,14,15)(H,19,20). The van der Waals surface area contributed by atoms with Gasteiger partial charge in [0.2, 0.25) is 0 Å². The number of nitrogens with one attached hydrogen (secondary N) is 1. The van der Waals surface area contributed by atoms with Crippen molar-refractivity contribution >= 4 is 11.9 Å². The summed E-state index contributed by atoms with van der Waals surface area (Å²) in [5, 5.41) is 15.5. The molecule has 0 aromatic carbocycles. The smallest absolute Gasteiger partial charge is 0.356 e. The third-order valence-electron chi connectivity index (χ3n) is 3.59. The van der Waals surface area contributed by atoms with Crippen LogP contribution in [0.5, 0.6) is 0 Å². The van der Waals surface area contributed by atoms with Crippen molar-refractivity contribution in [2.45, 2.75) is 13.0 Å². The van der Waals surface area contributed by atoms with Crippen LogP contribution in [0, 0.1) is 0 Å². The number of aromatic carboxylic acids is 1. The van der Waals surface area contributed by atoms with E-state index < -0.39 is 5.97 Å². The Morgan fingerprint density at radius 2 is 2.25 bits per heavy atom. The molecule has 3 rings (SSSR count). The summed E-state index contributed by atoms with van der Waals surface area (Å²) in [6.07, 6.45) is 2.32. The highest BCUT2D eigenvalue weighted by Gasteiger charge is 2.28. The molecule has 1 aliphatic heterocycles. The predicted molar refractivity (Wildman–Crippen MR) is 69.4 cm³/mol. The number of carbonyl (C=O) groups is 2. The molecule has 0 radical (unpaired) electrons. The van der Waals surface area contributed by atoms with Crippen molar-refractivity contribution in [2.24, 2.45) is 7.05 Å². The van der Waals surface area contributed by atoms with Crippen LogP contribution in [0.3, 0.4) is 0 Å². The lowest BCUT2D eigenvalue weighted by Gasteiger charge is -2.26. The van der Waals surface area contributed by atoms with Gasteiger partial charge in [-0.25, -0.2) is 4.79 Å². The minimum Gasteiger partial charge on any atom is -0.476 e. The number of carboxylic acids is 1. The normalized spacial score (nSPS) is 14.2. The highest BCUT2D eigenvalue weighted by Crippen LogP contribution is 2.21. The lowest BCUT2D eigenvalue weighted by Crippen LogP contribution is -2.37. The van der Waals surface area contributed by atoms with E-state index in [2.05, 4.69) is 10.2 Å². The third kappa shape index (κ3) is 1.87. The van der Waals surface area contributed by atoms with E-state index in [1.54, 1.807) is 15.5 Å². The van der Waals surface area contributed by atoms with Gasteiger partial charge in [0.25, 0.3) is 5.91 Å². The fourth-order valence-electron chi connectivity index (χ4n) is 2.51. The van der Waals surface area contributed by atoms with Crippen molar-refractivity contribution in [2.75, 3.05) is 6.54 Å². The molecule has 0 atom stereocenters. The van der Waals surface area contributed by atoms with Gasteiger partial charge in [0.15, 0.2) is 5.69 Å². The molecule has 0 spiro atoms. The van der Waals surface area contributed by atoms with Crippen LogP contribution < -0.4 is 0 Å². The molecular weight excluding hydrogens is 260 g/mol. The highest BCUT2D eigenvalue weighted by molar-refractivity contribution is 5.93. The first kappa shape index (κ1) is 12.5. The maximum Gasteiger partial charge on any atom is 0.356 e. The number of rotatable bonds is 2. The molecule has 2 N–H and O–H groups in total. The van der Waals surface area contributed by atoms with Gasteiger partial charge in [-0.2, -0.15) is 5.10 Å². The molecule has 0 saturated carbocycles. The zero-order valence-corrected chi connectivity index (χ0v) is 11.0. The maximum atomic E-state index is 12.4. The number of fused-ring (bicyclic) bond motifs is 1. The summed E-state index contributed by atoms with van der Waals surface area (Å²) in [7, 11) is 1.82. The van der Waals surface area contributed by atoms with Crippen LogP contribution in [-0.2, 0) is 20.0 Å². The zero-order chi connectivity index (χ0) is 14.3. The van der Waals surface area contributed by atoms with Crippen LogP contribution in [0.25, 0.3) is 0 Å². The van der Waals surface area contributed by atoms with Crippen LogP contribution in [0.4, 0.5) is 0 Å². The predicted octanol–water partition coefficient (Wildman–Crippen LogP) is 0.645. The van der Waals surface area contributed by atoms with Gasteiger partial charge >= 0.3 is 5.97 Å². The Kier molecular flexibility index (Phi) is 2.81. The van der Waals surface area contributed by atoms with E-state index in [1.165, 1.54) is 0 Å². The Bertz CT molecular complexity index is 686. The number of nitrogens with zero attached hydrogens (tertiary/aromatic N) is 3. The topological polar surface area (TPSA) is 91.2 Å². The van der Waals surface area contributed by atoms with E-state index >= 15 is 0 Å². The molecule has 2 aromatic rings. The molecule has 104 valence electrons. The fourth-order valence-corrected chi connectivity index (χ4v) is 2.51. The monoisotopic (exact) mass is 274 g/mol. The SMILES string of the molecule is Cn1cccc1C(=O)N1CCc2c(C(=O)O)n[nH]c2C1. The van der Waals surface area contributed by atoms with E-state index in [-0.39, 0.29) is 11.6 Å². The molecule has 0 saturated heterocycles. The number of aromatic nitrogens is 3. The van der Waals surface area contributed by atoms with Crippen molar-refractivity contribution in [3.63, 3.8) is 0 Å². The zero-order valence-electron chi connectivity index (χ0n) is 11.0. The van der Waals surface area contributed by atoms with Crippen molar-refractivity contribution in [3.8, 4) is 0 Å². The molecule has 0 bridgehead atoms. The lowest BCUT2D eigenvalue weighted by molar-refractivity contribution is 0.0689. The Balaban J connectivity index is 1.84. The quantitative estimate of drug-likeness (QED) is 0.841. The Hall–Kier alpha value is -2.57. The first-order chi connectivity index (χ1) is 9.58. The largest absolute Gasteiger partial charge is 0.476 e. The van der Waals surface area contributed by atoms with Crippen LogP contribution in [0.2, 0.25) is 0 Å². The van der Waals surface area contributed by atoms with Gasteiger partial charge in [0.1, 0.15) is 5.69 Å². The summed E-state index contributed by atoms with van der Waals surface area (Å²) in [5.74, 6) is -1.10. The second kappa shape index (κ2) is 4.52. The molecule has 1 aliphatic rings. The van der Waals surface area contributed by atoms with Gasteiger partial charge < -0.3 is 14.6 Å². The van der Waals surface area contributed by atoms with E-state index in [1.807, 2.05) is 19.3 Å². The molecule has 0 fully saturated rings. The second-order valence-electron chi connectivity index (χ2n) is 4.82. The van der Waals surface area contributed by atoms with Gasteiger partial charge in [0, 0.05) is 25.4 Å². The van der Waals surface area contributed by atoms with Crippen LogP contribution in [-0.4, -0.2) is 43.2 Å². The van der Waals surface area contributed by atoms with Crippen LogP contribution in [0.1, 0.15) is 32.2 Å². The maximum absolute atomic E-state index is 12.4. The summed E-state index contributed by atoms with van der Waals surface area (Å²) >= 11 is 0. The van der Waals surface area contributed by atoms with E-state index in [4.69, 9.17) is 5.11 Å². The van der Waals surface area contributed by atoms with Gasteiger partial charge in [-0.05, 0) is 18.6 Å². The molecule has 7 nitrogen and oxygen atoms in total. The summed E-state index contributed by atoms with van der Waals surface area (Å²) in [5.41, 5.74) is 2.09. The van der Waals surface area contributed by atoms with Crippen molar-refractivity contribution in [1.82, 2.24) is 19.7 Å². The number of carboxylic acid groups (broad SMARTS) is 1. The molecule has 7 heteroatoms. The van der Waals surface area contributed by atoms with Crippen molar-refractivity contribution < 1.29 is 14.7 Å². The number of hydrogen-bond acceptors (Lipinski definition) is 3. The van der Waals surface area contributed by atoms with E-state index in [0.717, 1.165) is 0 Å². The van der Waals surface area contributed by atoms with Gasteiger partial charge in [0.05, 0.1) is 12.2 Å². The average Bonchev–Trinajstić information content (AvgIpc) is 3.02. The Morgan fingerprint density at radius 3 is 2.90 bits per heavy atom. The van der Waals surface area contributed by atoms with Crippen LogP contribution >= 0.6 is 0 Å². The number of H-pyrrole nitrogens is 1. The summed E-state index contributed by atoms with van der Waals surface area (Å²) in [6.45, 7) is 0.858. The third-order valence-corrected chi connectivity index (χ3v) is 3.59. The van der Waals surface area contributed by atoms with Gasteiger partial charge in [-0.3, -0.25) is 9.89 Å². The number of amides is 1. The first-order valence-corrected chi connectivity index (χ1v) is 6.28. The van der Waals surface area contributed by atoms with E-state index in [0.29, 0.717) is 36.5 Å². The molecule has 1 amide bonds. The number of aromatic amines is 1. The highest BCUT2D eigenvalue weighted by atomic mass is 16.4. The van der Waals surface area contributed by atoms with Crippen molar-refractivity contribution in [3.05, 3.63) is 41.0 Å². The van der Waals surface area contributed by atoms with E-state index in [9.17, 15) is 9.59 Å². The molecule has 20 heavy (non-hydrogen) atoms. The fraction of sp³-hybridized carbons (Fsp3) is 0.308. The first-order valence-electron chi connectivity index (χ1n) is 6.28. The molecule has 2 aromatic heterocycles. The summed E-state index contributed by atoms with van der Waals surface area (Å²) in [4.78, 5) is 25.1. The Morgan fingerprint density at radius 1 is 1.45 bits per heavy atom. The molecule has 0 aliphatic carbocycles. The number of hydrogen-bond donors (Lipinski definition) is 2. The second-order valence-corrected chi connectivity index (χ2v) is 4.82. The minimum absolute atomic E-state index is 0.0605. The van der Waals surface area contributed by atoms with Gasteiger partial charge in [-0.1, -0.05) is 0 Å². The Labute approximate surface area is 114 Å². The summed E-state index contributed by atoms with van der Waals surface area (Å²) in [6, 6.07) is 3.59. The average molecular weight is 274 g/mol. The van der Waals surface area contributed by atoms with Gasteiger partial charge in [-0.15, -0.1) is 0 Å². The number of aryl methyl sites for hydroxylation is 1. The van der Waals surface area contributed by atoms with Crippen LogP contribution in [0.15, 0.2) is 18.3 Å². The lowest BCUT2D eigenvalue weighted by atomic mass is 10.0. The minimum atomic E-state index is -1.04. The molecule has 3 heterocycles. The molecular formula is C13H14N4O3. The molecule has 0 unspecified atom stereocenters. The van der Waals surface area contributed by atoms with Crippen molar-refractivity contribution in [1.29, 1.82) is 0 Å². The summed E-state index contributed by atoms with van der Waals surface area (Å²) < 4.78 is 1.77.